The number of benzene rings is 1. The first-order chi connectivity index (χ1) is 13.2. The largest absolute Gasteiger partial charge is 0.396 e. The van der Waals surface area contributed by atoms with Crippen LogP contribution in [0.4, 0.5) is 0 Å². The van der Waals surface area contributed by atoms with E-state index in [1.54, 1.807) is 6.08 Å². The lowest BCUT2D eigenvalue weighted by Crippen LogP contribution is -2.43. The molecule has 0 atom stereocenters. The zero-order valence-electron chi connectivity index (χ0n) is 15.9. The summed E-state index contributed by atoms with van der Waals surface area (Å²) < 4.78 is 0. The Morgan fingerprint density at radius 1 is 1.19 bits per heavy atom. The summed E-state index contributed by atoms with van der Waals surface area (Å²) in [6, 6.07) is 9.71. The summed E-state index contributed by atoms with van der Waals surface area (Å²) in [5.74, 6) is -0.215. The molecule has 4 nitrogen and oxygen atoms in total. The molecule has 0 aliphatic heterocycles. The van der Waals surface area contributed by atoms with Crippen LogP contribution in [0.15, 0.2) is 48.1 Å². The van der Waals surface area contributed by atoms with Gasteiger partial charge in [-0.3, -0.25) is 10.1 Å². The van der Waals surface area contributed by atoms with Gasteiger partial charge in [0.2, 0.25) is 5.91 Å². The Bertz CT molecular complexity index is 656. The fourth-order valence-corrected chi connectivity index (χ4v) is 3.38. The number of nitrogens with zero attached hydrogens (tertiary/aromatic N) is 1. The van der Waals surface area contributed by atoms with E-state index in [1.807, 2.05) is 30.3 Å². The molecule has 0 spiro atoms. The van der Waals surface area contributed by atoms with Crippen LogP contribution >= 0.6 is 12.2 Å². The molecule has 1 aromatic rings. The predicted octanol–water partition coefficient (Wildman–Crippen LogP) is 4.07. The first-order valence-corrected chi connectivity index (χ1v) is 10.2. The number of hydrogen-bond donors (Lipinski definition) is 2. The molecule has 5 heteroatoms. The van der Waals surface area contributed by atoms with Gasteiger partial charge < -0.3 is 10.0 Å². The zero-order chi connectivity index (χ0) is 19.3. The molecule has 2 N–H and O–H groups in total. The van der Waals surface area contributed by atoms with Crippen molar-refractivity contribution >= 4 is 29.3 Å². The molecular weight excluding hydrogens is 356 g/mol. The van der Waals surface area contributed by atoms with Crippen LogP contribution in [0.1, 0.15) is 50.5 Å². The van der Waals surface area contributed by atoms with E-state index in [4.69, 9.17) is 17.3 Å². The van der Waals surface area contributed by atoms with Gasteiger partial charge in [-0.15, -0.1) is 0 Å². The molecule has 0 unspecified atom stereocenters. The summed E-state index contributed by atoms with van der Waals surface area (Å²) in [4.78, 5) is 14.3. The number of nitrogens with one attached hydrogen (secondary N) is 1. The lowest BCUT2D eigenvalue weighted by Gasteiger charge is -2.26. The van der Waals surface area contributed by atoms with Crippen molar-refractivity contribution in [2.75, 3.05) is 19.7 Å². The van der Waals surface area contributed by atoms with Crippen molar-refractivity contribution in [1.82, 2.24) is 10.2 Å². The maximum atomic E-state index is 12.2. The number of allylic oxidation sites excluding steroid dienone is 1. The van der Waals surface area contributed by atoms with Crippen molar-refractivity contribution in [3.8, 4) is 0 Å². The summed E-state index contributed by atoms with van der Waals surface area (Å²) in [7, 11) is 0. The van der Waals surface area contributed by atoms with Crippen LogP contribution in [0, 0.1) is 0 Å². The molecule has 2 rings (SSSR count). The minimum Gasteiger partial charge on any atom is -0.396 e. The van der Waals surface area contributed by atoms with E-state index < -0.39 is 0 Å². The molecule has 0 saturated carbocycles. The second-order valence-corrected chi connectivity index (χ2v) is 7.20. The van der Waals surface area contributed by atoms with Gasteiger partial charge in [0.25, 0.3) is 0 Å². The lowest BCUT2D eigenvalue weighted by molar-refractivity contribution is -0.115. The number of carbonyl (C=O) groups is 1. The Morgan fingerprint density at radius 2 is 2.00 bits per heavy atom. The summed E-state index contributed by atoms with van der Waals surface area (Å²) in [6.45, 7) is 1.73. The molecule has 0 bridgehead atoms. The van der Waals surface area contributed by atoms with E-state index >= 15 is 0 Å². The predicted molar refractivity (Wildman–Crippen MR) is 115 cm³/mol. The number of rotatable bonds is 9. The molecule has 0 saturated heterocycles. The fourth-order valence-electron chi connectivity index (χ4n) is 3.10. The topological polar surface area (TPSA) is 52.6 Å². The van der Waals surface area contributed by atoms with Gasteiger partial charge in [-0.05, 0) is 68.8 Å². The van der Waals surface area contributed by atoms with Crippen LogP contribution in [0.25, 0.3) is 6.08 Å². The van der Waals surface area contributed by atoms with Crippen molar-refractivity contribution in [2.24, 2.45) is 0 Å². The van der Waals surface area contributed by atoms with Crippen LogP contribution in [0.2, 0.25) is 0 Å². The molecule has 0 fully saturated rings. The molecule has 1 aliphatic carbocycles. The van der Waals surface area contributed by atoms with E-state index in [0.29, 0.717) is 5.11 Å². The highest BCUT2D eigenvalue weighted by molar-refractivity contribution is 7.80. The summed E-state index contributed by atoms with van der Waals surface area (Å²) >= 11 is 5.48. The average molecular weight is 387 g/mol. The average Bonchev–Trinajstić information content (AvgIpc) is 2.70. The number of carbonyl (C=O) groups excluding carboxylic acids is 1. The maximum Gasteiger partial charge on any atom is 0.250 e. The fraction of sp³-hybridized carbons (Fsp3) is 0.455. The van der Waals surface area contributed by atoms with Gasteiger partial charge in [0.05, 0.1) is 0 Å². The third-order valence-corrected chi connectivity index (χ3v) is 5.03. The minimum absolute atomic E-state index is 0.178. The zero-order valence-corrected chi connectivity index (χ0v) is 16.7. The highest BCUT2D eigenvalue weighted by Crippen LogP contribution is 2.20. The molecule has 0 heterocycles. The van der Waals surface area contributed by atoms with Gasteiger partial charge in [-0.2, -0.15) is 0 Å². The Labute approximate surface area is 168 Å². The van der Waals surface area contributed by atoms with Crippen LogP contribution in [-0.2, 0) is 4.79 Å². The van der Waals surface area contributed by atoms with Crippen LogP contribution in [0.3, 0.4) is 0 Å². The first-order valence-electron chi connectivity index (χ1n) is 9.81. The van der Waals surface area contributed by atoms with Crippen LogP contribution in [-0.4, -0.2) is 40.7 Å². The molecule has 146 valence electrons. The molecule has 1 aliphatic rings. The van der Waals surface area contributed by atoms with Gasteiger partial charge in [0.15, 0.2) is 5.11 Å². The third-order valence-electron chi connectivity index (χ3n) is 4.67. The minimum atomic E-state index is -0.215. The lowest BCUT2D eigenvalue weighted by atomic mass is 9.97. The highest BCUT2D eigenvalue weighted by Gasteiger charge is 2.13. The third kappa shape index (κ3) is 8.50. The van der Waals surface area contributed by atoms with Crippen molar-refractivity contribution < 1.29 is 9.90 Å². The van der Waals surface area contributed by atoms with Crippen LogP contribution in [0.5, 0.6) is 0 Å². The molecule has 1 amide bonds. The number of hydrogen-bond acceptors (Lipinski definition) is 3. The second-order valence-electron chi connectivity index (χ2n) is 6.81. The SMILES string of the molecule is O=C(/C=C/c1ccccc1)NC(=S)N(CCCCO)CCC1=CCCCC1. The van der Waals surface area contributed by atoms with Crippen LogP contribution < -0.4 is 5.32 Å². The van der Waals surface area contributed by atoms with Crippen molar-refractivity contribution in [3.63, 3.8) is 0 Å². The Balaban J connectivity index is 1.87. The number of unbranched alkanes of at least 4 members (excludes halogenated alkanes) is 1. The number of aliphatic hydroxyl groups is 1. The molecule has 0 radical (unpaired) electrons. The second kappa shape index (κ2) is 12.4. The smallest absolute Gasteiger partial charge is 0.250 e. The summed E-state index contributed by atoms with van der Waals surface area (Å²) in [6.07, 6.45) is 13.1. The normalized spacial score (nSPS) is 14.0. The Kier molecular flexibility index (Phi) is 9.80. The quantitative estimate of drug-likeness (QED) is 0.291. The number of aliphatic hydroxyl groups excluding tert-OH is 1. The van der Waals surface area contributed by atoms with Gasteiger partial charge in [0, 0.05) is 25.8 Å². The van der Waals surface area contributed by atoms with E-state index in [2.05, 4.69) is 16.3 Å². The van der Waals surface area contributed by atoms with E-state index in [0.717, 1.165) is 37.9 Å². The monoisotopic (exact) mass is 386 g/mol. The van der Waals surface area contributed by atoms with E-state index in [9.17, 15) is 4.79 Å². The summed E-state index contributed by atoms with van der Waals surface area (Å²) in [5, 5.41) is 12.3. The highest BCUT2D eigenvalue weighted by atomic mass is 32.1. The molecule has 27 heavy (non-hydrogen) atoms. The van der Waals surface area contributed by atoms with Crippen molar-refractivity contribution in [3.05, 3.63) is 53.6 Å². The Hall–Kier alpha value is -1.98. The molecule has 1 aromatic carbocycles. The first kappa shape index (κ1) is 21.3. The molecular formula is C22H30N2O2S. The van der Waals surface area contributed by atoms with Crippen molar-refractivity contribution in [1.29, 1.82) is 0 Å². The summed E-state index contributed by atoms with van der Waals surface area (Å²) in [5.41, 5.74) is 2.47. The Morgan fingerprint density at radius 3 is 2.70 bits per heavy atom. The molecule has 0 aromatic heterocycles. The number of thiocarbonyl (C=S) groups is 1. The van der Waals surface area contributed by atoms with E-state index in [1.165, 1.54) is 37.3 Å². The standard InChI is InChI=1S/C22H30N2O2S/c25-18-8-7-16-24(17-15-20-11-5-2-6-12-20)22(27)23-21(26)14-13-19-9-3-1-4-10-19/h1,3-4,9-11,13-14,25H,2,5-8,12,15-18H2,(H,23,26,27)/b14-13+. The van der Waals surface area contributed by atoms with E-state index in [-0.39, 0.29) is 12.5 Å². The maximum absolute atomic E-state index is 12.2. The van der Waals surface area contributed by atoms with Gasteiger partial charge in [-0.25, -0.2) is 0 Å². The number of amides is 1. The van der Waals surface area contributed by atoms with Gasteiger partial charge in [0.1, 0.15) is 0 Å². The van der Waals surface area contributed by atoms with Gasteiger partial charge in [-0.1, -0.05) is 42.0 Å². The van der Waals surface area contributed by atoms with Gasteiger partial charge >= 0.3 is 0 Å². The van der Waals surface area contributed by atoms with Crippen molar-refractivity contribution in [2.45, 2.75) is 44.9 Å².